The van der Waals surface area contributed by atoms with E-state index < -0.39 is 6.17 Å². The van der Waals surface area contributed by atoms with E-state index in [2.05, 4.69) is 35.1 Å². The Morgan fingerprint density at radius 3 is 2.67 bits per heavy atom. The second kappa shape index (κ2) is 7.22. The van der Waals surface area contributed by atoms with Crippen molar-refractivity contribution in [3.05, 3.63) is 33.5 Å². The molecule has 0 fully saturated rings. The van der Waals surface area contributed by atoms with Gasteiger partial charge in [0.15, 0.2) is 9.34 Å². The lowest BCUT2D eigenvalue weighted by molar-refractivity contribution is 0.993. The highest BCUT2D eigenvalue weighted by atomic mass is 32.2. The number of aryl methyl sites for hydroxylation is 1. The maximum atomic E-state index is 6.96. The predicted octanol–water partition coefficient (Wildman–Crippen LogP) is 4.67. The van der Waals surface area contributed by atoms with Crippen molar-refractivity contribution in [2.75, 3.05) is 5.75 Å². The van der Waals surface area contributed by atoms with E-state index in [0.29, 0.717) is 20.8 Å². The second-order valence-electron chi connectivity index (χ2n) is 3.56. The molecule has 2 rings (SSSR count). The Kier molecular flexibility index (Phi) is 5.33. The highest BCUT2D eigenvalue weighted by molar-refractivity contribution is 8.01. The zero-order chi connectivity index (χ0) is 15.2. The van der Waals surface area contributed by atoms with Crippen molar-refractivity contribution in [3.8, 4) is 0 Å². The zero-order valence-corrected chi connectivity index (χ0v) is 13.6. The lowest BCUT2D eigenvalue weighted by Crippen LogP contribution is -1.84. The van der Waals surface area contributed by atoms with Gasteiger partial charge < -0.3 is 0 Å². The smallest absolute Gasteiger partial charge is 0.229 e. The van der Waals surface area contributed by atoms with Crippen LogP contribution in [0.5, 0.6) is 0 Å². The van der Waals surface area contributed by atoms with Gasteiger partial charge in [-0.25, -0.2) is 27.8 Å². The minimum Gasteiger partial charge on any atom is -0.229 e. The molecule has 21 heavy (non-hydrogen) atoms. The molecular weight excluding hydrogens is 326 g/mol. The summed E-state index contributed by atoms with van der Waals surface area (Å²) >= 11 is 4.18. The fourth-order valence-corrected chi connectivity index (χ4v) is 3.69. The van der Waals surface area contributed by atoms with Crippen LogP contribution in [0.15, 0.2) is 14.6 Å². The predicted molar refractivity (Wildman–Crippen MR) is 83.3 cm³/mol. The first-order valence-corrected chi connectivity index (χ1v) is 8.38. The first-order valence-electron chi connectivity index (χ1n) is 5.76. The Morgan fingerprint density at radius 2 is 2.00 bits per heavy atom. The van der Waals surface area contributed by atoms with E-state index in [1.165, 1.54) is 22.7 Å². The van der Waals surface area contributed by atoms with Gasteiger partial charge in [-0.1, -0.05) is 41.4 Å². The Hall–Kier alpha value is -1.88. The van der Waals surface area contributed by atoms with Crippen molar-refractivity contribution in [2.45, 2.75) is 24.4 Å². The molecule has 0 aromatic carbocycles. The van der Waals surface area contributed by atoms with Crippen LogP contribution in [0.3, 0.4) is 0 Å². The summed E-state index contributed by atoms with van der Waals surface area (Å²) in [6, 6.07) is 0. The fraction of sp³-hybridized carbons (Fsp3) is 0.364. The number of nitrogens with zero attached hydrogens (tertiary/aromatic N) is 7. The Balaban J connectivity index is 2.17. The third kappa shape index (κ3) is 3.82. The van der Waals surface area contributed by atoms with Gasteiger partial charge in [0.1, 0.15) is 0 Å². The van der Waals surface area contributed by atoms with Crippen molar-refractivity contribution in [1.82, 2.24) is 15.2 Å². The highest BCUT2D eigenvalue weighted by Gasteiger charge is 2.26. The number of thiazole rings is 1. The molecule has 0 radical (unpaired) electrons. The third-order valence-corrected chi connectivity index (χ3v) is 5.05. The van der Waals surface area contributed by atoms with Crippen molar-refractivity contribution < 1.29 is 0 Å². The molecule has 2 heterocycles. The van der Waals surface area contributed by atoms with Gasteiger partial charge in [-0.05, 0) is 12.7 Å². The molecule has 0 saturated carbocycles. The van der Waals surface area contributed by atoms with E-state index in [1.54, 1.807) is 18.7 Å². The monoisotopic (exact) mass is 335 g/mol. The van der Waals surface area contributed by atoms with Crippen molar-refractivity contribution >= 4 is 44.6 Å². The van der Waals surface area contributed by atoms with Crippen molar-refractivity contribution in [3.63, 3.8) is 0 Å². The molecule has 2 aromatic rings. The van der Waals surface area contributed by atoms with Crippen LogP contribution in [0.1, 0.15) is 23.8 Å². The van der Waals surface area contributed by atoms with E-state index in [0.717, 1.165) is 10.1 Å². The SMILES string of the molecule is [C-]#[N+]C([N+]#[C-])c1nc(C)c(N=Nc2nnc(SCC)s2)s1. The number of aromatic nitrogens is 3. The van der Waals surface area contributed by atoms with Crippen LogP contribution in [0.2, 0.25) is 0 Å². The van der Waals surface area contributed by atoms with Crippen LogP contribution in [-0.2, 0) is 0 Å². The molecule has 0 bridgehead atoms. The largest absolute Gasteiger partial charge is 0.528 e. The molecule has 0 N–H and O–H groups in total. The first kappa shape index (κ1) is 15.5. The topological polar surface area (TPSA) is 72.1 Å². The van der Waals surface area contributed by atoms with Crippen LogP contribution in [-0.4, -0.2) is 20.9 Å². The van der Waals surface area contributed by atoms with Gasteiger partial charge in [0, 0.05) is 0 Å². The molecule has 0 aliphatic rings. The lowest BCUT2D eigenvalue weighted by atomic mass is 10.5. The van der Waals surface area contributed by atoms with Gasteiger partial charge in [0.25, 0.3) is 10.1 Å². The Morgan fingerprint density at radius 1 is 1.24 bits per heavy atom. The standard InChI is InChI=1S/C11H9N7S3/c1-5-19-11-18-17-10(21-11)16-15-8-6(2)14-9(20-8)7(12-3)13-4/h7H,5H2,1-2H3. The van der Waals surface area contributed by atoms with Gasteiger partial charge in [-0.15, -0.1) is 20.4 Å². The van der Waals surface area contributed by atoms with Gasteiger partial charge >= 0.3 is 6.17 Å². The maximum absolute atomic E-state index is 6.96. The summed E-state index contributed by atoms with van der Waals surface area (Å²) in [5.41, 5.74) is 0.656. The van der Waals surface area contributed by atoms with E-state index in [9.17, 15) is 0 Å². The molecule has 0 atom stereocenters. The molecule has 2 aromatic heterocycles. The summed E-state index contributed by atoms with van der Waals surface area (Å²) in [7, 11) is 0. The first-order chi connectivity index (χ1) is 10.2. The third-order valence-electron chi connectivity index (χ3n) is 2.14. The van der Waals surface area contributed by atoms with E-state index in [4.69, 9.17) is 13.1 Å². The van der Waals surface area contributed by atoms with Crippen LogP contribution in [0, 0.1) is 20.1 Å². The highest BCUT2D eigenvalue weighted by Crippen LogP contribution is 2.35. The fourth-order valence-electron chi connectivity index (χ4n) is 1.26. The summed E-state index contributed by atoms with van der Waals surface area (Å²) in [5, 5.41) is 17.6. The van der Waals surface area contributed by atoms with E-state index in [1.807, 2.05) is 6.92 Å². The average molecular weight is 335 g/mol. The van der Waals surface area contributed by atoms with Gasteiger partial charge in [-0.2, -0.15) is 0 Å². The molecule has 106 valence electrons. The number of azo groups is 1. The number of hydrogen-bond acceptors (Lipinski definition) is 8. The van der Waals surface area contributed by atoms with Gasteiger partial charge in [0.2, 0.25) is 0 Å². The number of rotatable bonds is 5. The molecule has 0 spiro atoms. The molecule has 10 heteroatoms. The quantitative estimate of drug-likeness (QED) is 0.452. The molecule has 0 amide bonds. The summed E-state index contributed by atoms with van der Waals surface area (Å²) in [5.74, 6) is 0.928. The molecule has 7 nitrogen and oxygen atoms in total. The van der Waals surface area contributed by atoms with Crippen molar-refractivity contribution in [2.24, 2.45) is 10.2 Å². The van der Waals surface area contributed by atoms with Crippen LogP contribution >= 0.6 is 34.4 Å². The zero-order valence-electron chi connectivity index (χ0n) is 11.1. The number of thioether (sulfide) groups is 1. The average Bonchev–Trinajstić information content (AvgIpc) is 3.06. The van der Waals surface area contributed by atoms with E-state index >= 15 is 0 Å². The minimum absolute atomic E-state index is 0.450. The molecule has 0 aliphatic heterocycles. The summed E-state index contributed by atoms with van der Waals surface area (Å²) in [6.07, 6.45) is -0.897. The molecule has 0 saturated heterocycles. The van der Waals surface area contributed by atoms with Gasteiger partial charge in [-0.3, -0.25) is 0 Å². The van der Waals surface area contributed by atoms with Crippen LogP contribution < -0.4 is 0 Å². The number of hydrogen-bond donors (Lipinski definition) is 0. The summed E-state index contributed by atoms with van der Waals surface area (Å²) in [4.78, 5) is 10.6. The second-order valence-corrected chi connectivity index (χ2v) is 7.03. The van der Waals surface area contributed by atoms with Crippen LogP contribution in [0.25, 0.3) is 9.69 Å². The minimum atomic E-state index is -0.897. The van der Waals surface area contributed by atoms with E-state index in [-0.39, 0.29) is 0 Å². The molecule has 0 aliphatic carbocycles. The van der Waals surface area contributed by atoms with Gasteiger partial charge in [0.05, 0.1) is 5.69 Å². The maximum Gasteiger partial charge on any atom is 0.528 e. The lowest BCUT2D eigenvalue weighted by Gasteiger charge is -1.84. The normalized spacial score (nSPS) is 10.9. The molecular formula is C11H9N7S3. The Bertz CT molecular complexity index is 720. The van der Waals surface area contributed by atoms with Crippen molar-refractivity contribution in [1.29, 1.82) is 0 Å². The Labute approximate surface area is 133 Å². The summed E-state index contributed by atoms with van der Waals surface area (Å²) in [6.45, 7) is 17.7. The summed E-state index contributed by atoms with van der Waals surface area (Å²) < 4.78 is 0.856. The van der Waals surface area contributed by atoms with Crippen LogP contribution in [0.4, 0.5) is 10.1 Å². The molecule has 0 unspecified atom stereocenters.